The van der Waals surface area contributed by atoms with E-state index >= 15 is 0 Å². The molecule has 0 aromatic carbocycles. The van der Waals surface area contributed by atoms with E-state index in [0.717, 1.165) is 25.5 Å². The minimum atomic E-state index is 0.213. The van der Waals surface area contributed by atoms with Crippen LogP contribution in [0.4, 0.5) is 0 Å². The Morgan fingerprint density at radius 2 is 2.46 bits per heavy atom. The predicted octanol–water partition coefficient (Wildman–Crippen LogP) is 1.03. The molecule has 72 valence electrons. The highest BCUT2D eigenvalue weighted by Gasteiger charge is 2.25. The van der Waals surface area contributed by atoms with E-state index in [0.29, 0.717) is 0 Å². The predicted molar refractivity (Wildman–Crippen MR) is 54.8 cm³/mol. The van der Waals surface area contributed by atoms with E-state index in [-0.39, 0.29) is 5.54 Å². The number of guanidine groups is 1. The number of hydrogen-bond donors (Lipinski definition) is 2. The van der Waals surface area contributed by atoms with E-state index in [4.69, 9.17) is 0 Å². The summed E-state index contributed by atoms with van der Waals surface area (Å²) in [5.41, 5.74) is 0.213. The van der Waals surface area contributed by atoms with Crippen molar-refractivity contribution in [1.29, 1.82) is 0 Å². The van der Waals surface area contributed by atoms with Gasteiger partial charge in [-0.3, -0.25) is 4.99 Å². The Labute approximate surface area is 79.3 Å². The smallest absolute Gasteiger partial charge is 0.191 e. The first-order valence-electron chi connectivity index (χ1n) is 5.00. The second kappa shape index (κ2) is 3.40. The van der Waals surface area contributed by atoms with Gasteiger partial charge in [-0.15, -0.1) is 0 Å². The molecule has 13 heavy (non-hydrogen) atoms. The van der Waals surface area contributed by atoms with Crippen molar-refractivity contribution in [2.24, 2.45) is 4.99 Å². The summed E-state index contributed by atoms with van der Waals surface area (Å²) >= 11 is 0. The van der Waals surface area contributed by atoms with Crippen molar-refractivity contribution in [1.82, 2.24) is 10.6 Å². The van der Waals surface area contributed by atoms with Crippen LogP contribution in [0.15, 0.2) is 17.1 Å². The zero-order chi connectivity index (χ0) is 9.15. The summed E-state index contributed by atoms with van der Waals surface area (Å²) in [4.78, 5) is 4.35. The van der Waals surface area contributed by atoms with Crippen molar-refractivity contribution in [3.05, 3.63) is 12.2 Å². The van der Waals surface area contributed by atoms with Crippen molar-refractivity contribution in [3.8, 4) is 0 Å². The van der Waals surface area contributed by atoms with Crippen molar-refractivity contribution in [2.45, 2.75) is 31.7 Å². The Kier molecular flexibility index (Phi) is 2.25. The quantitative estimate of drug-likeness (QED) is 0.590. The Hall–Kier alpha value is -0.990. The van der Waals surface area contributed by atoms with Crippen LogP contribution < -0.4 is 10.6 Å². The molecule has 2 aliphatic rings. The van der Waals surface area contributed by atoms with Gasteiger partial charge in [0.15, 0.2) is 5.96 Å². The van der Waals surface area contributed by atoms with Gasteiger partial charge in [-0.05, 0) is 26.2 Å². The monoisotopic (exact) mass is 179 g/mol. The van der Waals surface area contributed by atoms with Gasteiger partial charge in [-0.1, -0.05) is 12.2 Å². The van der Waals surface area contributed by atoms with Crippen molar-refractivity contribution < 1.29 is 0 Å². The molecule has 1 unspecified atom stereocenters. The van der Waals surface area contributed by atoms with E-state index in [2.05, 4.69) is 34.7 Å². The second-order valence-electron chi connectivity index (χ2n) is 4.06. The molecule has 1 aliphatic heterocycles. The third-order valence-corrected chi connectivity index (χ3v) is 2.69. The minimum Gasteiger partial charge on any atom is -0.355 e. The topological polar surface area (TPSA) is 36.4 Å². The number of aliphatic imine (C=N–C) groups is 1. The van der Waals surface area contributed by atoms with Crippen LogP contribution in [0.25, 0.3) is 0 Å². The van der Waals surface area contributed by atoms with Gasteiger partial charge in [-0.2, -0.15) is 0 Å². The summed E-state index contributed by atoms with van der Waals surface area (Å²) < 4.78 is 0. The highest BCUT2D eigenvalue weighted by Crippen LogP contribution is 2.22. The SMILES string of the molecule is CC1(NC2=NCCN2)CC=CCC1. The Morgan fingerprint density at radius 3 is 3.08 bits per heavy atom. The molecule has 0 aromatic rings. The number of rotatable bonds is 1. The maximum atomic E-state index is 4.35. The van der Waals surface area contributed by atoms with Crippen LogP contribution >= 0.6 is 0 Å². The first-order chi connectivity index (χ1) is 6.29. The fourth-order valence-corrected chi connectivity index (χ4v) is 1.85. The highest BCUT2D eigenvalue weighted by molar-refractivity contribution is 5.81. The maximum Gasteiger partial charge on any atom is 0.191 e. The average molecular weight is 179 g/mol. The van der Waals surface area contributed by atoms with Crippen LogP contribution in [-0.2, 0) is 0 Å². The van der Waals surface area contributed by atoms with Crippen LogP contribution in [0.2, 0.25) is 0 Å². The second-order valence-corrected chi connectivity index (χ2v) is 4.06. The van der Waals surface area contributed by atoms with Crippen molar-refractivity contribution in [2.75, 3.05) is 13.1 Å². The third-order valence-electron chi connectivity index (χ3n) is 2.69. The van der Waals surface area contributed by atoms with Gasteiger partial charge in [0.1, 0.15) is 0 Å². The number of nitrogens with zero attached hydrogens (tertiary/aromatic N) is 1. The van der Waals surface area contributed by atoms with Gasteiger partial charge in [0.2, 0.25) is 0 Å². The molecule has 2 rings (SSSR count). The van der Waals surface area contributed by atoms with Gasteiger partial charge in [-0.25, -0.2) is 0 Å². The molecule has 0 bridgehead atoms. The molecule has 0 fully saturated rings. The zero-order valence-electron chi connectivity index (χ0n) is 8.14. The zero-order valence-corrected chi connectivity index (χ0v) is 8.14. The first kappa shape index (κ1) is 8.60. The number of hydrogen-bond acceptors (Lipinski definition) is 3. The van der Waals surface area contributed by atoms with Gasteiger partial charge in [0.05, 0.1) is 6.54 Å². The molecule has 3 nitrogen and oxygen atoms in total. The van der Waals surface area contributed by atoms with E-state index in [9.17, 15) is 0 Å². The average Bonchev–Trinajstić information content (AvgIpc) is 2.57. The normalized spacial score (nSPS) is 32.5. The third kappa shape index (κ3) is 2.02. The van der Waals surface area contributed by atoms with Crippen LogP contribution in [0.3, 0.4) is 0 Å². The van der Waals surface area contributed by atoms with E-state index in [1.165, 1.54) is 12.8 Å². The van der Waals surface area contributed by atoms with E-state index in [1.54, 1.807) is 0 Å². The summed E-state index contributed by atoms with van der Waals surface area (Å²) in [6.45, 7) is 4.15. The van der Waals surface area contributed by atoms with Gasteiger partial charge in [0, 0.05) is 12.1 Å². The molecule has 2 N–H and O–H groups in total. The molecule has 1 atom stereocenters. The molecular weight excluding hydrogens is 162 g/mol. The molecule has 1 aliphatic carbocycles. The number of nitrogens with one attached hydrogen (secondary N) is 2. The molecule has 0 amide bonds. The summed E-state index contributed by atoms with van der Waals surface area (Å²) in [5, 5.41) is 6.73. The lowest BCUT2D eigenvalue weighted by Crippen LogP contribution is -2.50. The molecule has 0 saturated carbocycles. The lowest BCUT2D eigenvalue weighted by atomic mass is 9.88. The Morgan fingerprint density at radius 1 is 1.54 bits per heavy atom. The van der Waals surface area contributed by atoms with Crippen LogP contribution in [-0.4, -0.2) is 24.6 Å². The van der Waals surface area contributed by atoms with E-state index < -0.39 is 0 Å². The molecule has 0 saturated heterocycles. The summed E-state index contributed by atoms with van der Waals surface area (Å²) in [6, 6.07) is 0. The lowest BCUT2D eigenvalue weighted by molar-refractivity contribution is 0.378. The molecule has 0 aromatic heterocycles. The fourth-order valence-electron chi connectivity index (χ4n) is 1.85. The molecule has 0 radical (unpaired) electrons. The molecule has 1 heterocycles. The number of allylic oxidation sites excluding steroid dienone is 1. The van der Waals surface area contributed by atoms with Crippen molar-refractivity contribution >= 4 is 5.96 Å². The summed E-state index contributed by atoms with van der Waals surface area (Å²) in [7, 11) is 0. The van der Waals surface area contributed by atoms with Crippen molar-refractivity contribution in [3.63, 3.8) is 0 Å². The Bertz CT molecular complexity index is 245. The summed E-state index contributed by atoms with van der Waals surface area (Å²) in [6.07, 6.45) is 7.99. The van der Waals surface area contributed by atoms with E-state index in [1.807, 2.05) is 0 Å². The maximum absolute atomic E-state index is 4.35. The summed E-state index contributed by atoms with van der Waals surface area (Å²) in [5.74, 6) is 0.984. The first-order valence-corrected chi connectivity index (χ1v) is 5.00. The van der Waals surface area contributed by atoms with Crippen LogP contribution in [0, 0.1) is 0 Å². The lowest BCUT2D eigenvalue weighted by Gasteiger charge is -2.32. The fraction of sp³-hybridized carbons (Fsp3) is 0.700. The standard InChI is InChI=1S/C10H17N3/c1-10(5-3-2-4-6-10)13-9-11-7-8-12-9/h2-3H,4-8H2,1H3,(H2,11,12,13). The van der Waals surface area contributed by atoms with Crippen LogP contribution in [0.1, 0.15) is 26.2 Å². The van der Waals surface area contributed by atoms with Gasteiger partial charge < -0.3 is 10.6 Å². The highest BCUT2D eigenvalue weighted by atomic mass is 15.2. The molecule has 3 heteroatoms. The van der Waals surface area contributed by atoms with Gasteiger partial charge in [0.25, 0.3) is 0 Å². The van der Waals surface area contributed by atoms with Crippen LogP contribution in [0.5, 0.6) is 0 Å². The molecular formula is C10H17N3. The molecule has 0 spiro atoms. The van der Waals surface area contributed by atoms with Gasteiger partial charge >= 0.3 is 0 Å². The minimum absolute atomic E-state index is 0.213. The largest absolute Gasteiger partial charge is 0.355 e. The Balaban J connectivity index is 1.95.